The Labute approximate surface area is 208 Å². The van der Waals surface area contributed by atoms with E-state index in [4.69, 9.17) is 9.72 Å². The van der Waals surface area contributed by atoms with Crippen molar-refractivity contribution < 1.29 is 9.53 Å². The summed E-state index contributed by atoms with van der Waals surface area (Å²) in [7, 11) is 0. The maximum atomic E-state index is 13.3. The predicted molar refractivity (Wildman–Crippen MR) is 136 cm³/mol. The number of aromatic nitrogens is 6. The lowest BCUT2D eigenvalue weighted by Crippen LogP contribution is -2.48. The standard InChI is InChI=1S/C26H31N7O3/c1-15-11-21(30-32-14-16(2)28-23(15)32)20-8-7-19-22(29-20)13-27-33(24(19)34)18-9-10-31(17(3)12-18)25(35)36-26(4,5)6/h7-8,11,13-14,17-18H,9-10,12H2,1-6H3. The van der Waals surface area contributed by atoms with Crippen molar-refractivity contribution >= 4 is 22.6 Å². The van der Waals surface area contributed by atoms with Gasteiger partial charge < -0.3 is 9.64 Å². The molecule has 0 aromatic carbocycles. The molecule has 188 valence electrons. The van der Waals surface area contributed by atoms with Gasteiger partial charge in [-0.3, -0.25) is 4.79 Å². The maximum absolute atomic E-state index is 13.3. The van der Waals surface area contributed by atoms with Crippen LogP contribution in [0.1, 0.15) is 57.8 Å². The molecule has 4 aromatic heterocycles. The SMILES string of the molecule is Cc1cn2nc(-c3ccc4c(=O)n(C5CCN(C(=O)OC(C)(C)C)C(C)C5)ncc4n3)cc(C)c2n1. The Morgan fingerprint density at radius 1 is 1.14 bits per heavy atom. The first-order chi connectivity index (χ1) is 17.0. The Bertz CT molecular complexity index is 1530. The number of imidazole rings is 1. The Hall–Kier alpha value is -3.82. The highest BCUT2D eigenvalue weighted by Gasteiger charge is 2.33. The molecule has 1 fully saturated rings. The van der Waals surface area contributed by atoms with E-state index in [9.17, 15) is 9.59 Å². The molecule has 10 heteroatoms. The Morgan fingerprint density at radius 3 is 2.64 bits per heavy atom. The number of hydrogen-bond acceptors (Lipinski definition) is 7. The first kappa shape index (κ1) is 23.9. The average molecular weight is 490 g/mol. The number of aryl methyl sites for hydroxylation is 2. The number of rotatable bonds is 2. The lowest BCUT2D eigenvalue weighted by atomic mass is 9.98. The van der Waals surface area contributed by atoms with E-state index in [1.165, 1.54) is 4.68 Å². The van der Waals surface area contributed by atoms with Crippen LogP contribution in [0.5, 0.6) is 0 Å². The average Bonchev–Trinajstić information content (AvgIpc) is 3.18. The van der Waals surface area contributed by atoms with Crippen LogP contribution in [0.2, 0.25) is 0 Å². The molecule has 0 N–H and O–H groups in total. The second-order valence-electron chi connectivity index (χ2n) is 10.6. The third-order valence-corrected chi connectivity index (χ3v) is 6.48. The predicted octanol–water partition coefficient (Wildman–Crippen LogP) is 4.08. The number of carbonyl (C=O) groups is 1. The molecule has 36 heavy (non-hydrogen) atoms. The first-order valence-electron chi connectivity index (χ1n) is 12.2. The number of nitrogens with zero attached hydrogens (tertiary/aromatic N) is 7. The second-order valence-corrected chi connectivity index (χ2v) is 10.6. The number of hydrogen-bond donors (Lipinski definition) is 0. The van der Waals surface area contributed by atoms with Crippen LogP contribution < -0.4 is 5.56 Å². The Balaban J connectivity index is 1.41. The molecule has 1 saturated heterocycles. The van der Waals surface area contributed by atoms with Gasteiger partial charge >= 0.3 is 6.09 Å². The van der Waals surface area contributed by atoms with Crippen molar-refractivity contribution in [1.82, 2.24) is 34.3 Å². The smallest absolute Gasteiger partial charge is 0.410 e. The molecule has 0 saturated carbocycles. The van der Waals surface area contributed by atoms with Crippen LogP contribution in [-0.2, 0) is 4.74 Å². The summed E-state index contributed by atoms with van der Waals surface area (Å²) < 4.78 is 8.83. The Morgan fingerprint density at radius 2 is 1.92 bits per heavy atom. The van der Waals surface area contributed by atoms with Gasteiger partial charge in [-0.2, -0.15) is 10.2 Å². The van der Waals surface area contributed by atoms with Crippen molar-refractivity contribution in [2.75, 3.05) is 6.54 Å². The van der Waals surface area contributed by atoms with E-state index in [1.807, 2.05) is 59.9 Å². The zero-order valence-corrected chi connectivity index (χ0v) is 21.5. The number of piperidine rings is 1. The zero-order chi connectivity index (χ0) is 25.8. The van der Waals surface area contributed by atoms with E-state index in [0.29, 0.717) is 41.7 Å². The van der Waals surface area contributed by atoms with Gasteiger partial charge in [0.1, 0.15) is 11.3 Å². The van der Waals surface area contributed by atoms with Crippen LogP contribution in [0, 0.1) is 13.8 Å². The van der Waals surface area contributed by atoms with Gasteiger partial charge in [0.05, 0.1) is 40.7 Å². The molecule has 0 bridgehead atoms. The summed E-state index contributed by atoms with van der Waals surface area (Å²) in [6.07, 6.45) is 4.44. The molecule has 1 amide bonds. The van der Waals surface area contributed by atoms with Gasteiger partial charge in [-0.15, -0.1) is 0 Å². The minimum Gasteiger partial charge on any atom is -0.444 e. The van der Waals surface area contributed by atoms with Crippen molar-refractivity contribution in [2.24, 2.45) is 0 Å². The van der Waals surface area contributed by atoms with E-state index in [-0.39, 0.29) is 23.7 Å². The van der Waals surface area contributed by atoms with Gasteiger partial charge in [0.15, 0.2) is 5.65 Å². The highest BCUT2D eigenvalue weighted by molar-refractivity contribution is 5.79. The molecule has 5 rings (SSSR count). The van der Waals surface area contributed by atoms with Crippen molar-refractivity contribution in [3.8, 4) is 11.4 Å². The van der Waals surface area contributed by atoms with Gasteiger partial charge in [-0.05, 0) is 78.1 Å². The van der Waals surface area contributed by atoms with Crippen molar-refractivity contribution in [2.45, 2.75) is 72.1 Å². The molecule has 10 nitrogen and oxygen atoms in total. The summed E-state index contributed by atoms with van der Waals surface area (Å²) in [5.74, 6) is 0. The minimum absolute atomic E-state index is 0.0699. The maximum Gasteiger partial charge on any atom is 0.410 e. The van der Waals surface area contributed by atoms with Crippen molar-refractivity contribution in [3.63, 3.8) is 0 Å². The van der Waals surface area contributed by atoms with Crippen molar-refractivity contribution in [1.29, 1.82) is 0 Å². The third kappa shape index (κ3) is 4.43. The molecule has 2 atom stereocenters. The van der Waals surface area contributed by atoms with Crippen molar-refractivity contribution in [3.05, 3.63) is 52.2 Å². The van der Waals surface area contributed by atoms with Crippen LogP contribution in [-0.4, -0.2) is 58.5 Å². The fourth-order valence-corrected chi connectivity index (χ4v) is 4.78. The van der Waals surface area contributed by atoms with E-state index in [0.717, 1.165) is 16.9 Å². The van der Waals surface area contributed by atoms with Crippen LogP contribution >= 0.6 is 0 Å². The molecule has 0 spiro atoms. The minimum atomic E-state index is -0.548. The zero-order valence-electron chi connectivity index (χ0n) is 21.5. The van der Waals surface area contributed by atoms with Gasteiger partial charge in [-0.1, -0.05) is 0 Å². The normalized spacial score (nSPS) is 18.7. The summed E-state index contributed by atoms with van der Waals surface area (Å²) in [6, 6.07) is 5.38. The fraction of sp³-hybridized carbons (Fsp3) is 0.462. The summed E-state index contributed by atoms with van der Waals surface area (Å²) in [5, 5.41) is 9.62. The van der Waals surface area contributed by atoms with E-state index >= 15 is 0 Å². The molecule has 2 unspecified atom stereocenters. The molecular formula is C26H31N7O3. The number of pyridine rings is 1. The van der Waals surface area contributed by atoms with Gasteiger partial charge in [-0.25, -0.2) is 24.0 Å². The summed E-state index contributed by atoms with van der Waals surface area (Å²) >= 11 is 0. The van der Waals surface area contributed by atoms with Crippen LogP contribution in [0.4, 0.5) is 4.79 Å². The second kappa shape index (κ2) is 8.69. The number of fused-ring (bicyclic) bond motifs is 2. The summed E-state index contributed by atoms with van der Waals surface area (Å²) in [6.45, 7) is 12.0. The van der Waals surface area contributed by atoms with E-state index < -0.39 is 5.60 Å². The molecule has 1 aliphatic heterocycles. The monoisotopic (exact) mass is 489 g/mol. The third-order valence-electron chi connectivity index (χ3n) is 6.48. The van der Waals surface area contributed by atoms with Crippen LogP contribution in [0.3, 0.4) is 0 Å². The van der Waals surface area contributed by atoms with Crippen LogP contribution in [0.15, 0.2) is 35.4 Å². The molecule has 4 aromatic rings. The number of likely N-dealkylation sites (tertiary alicyclic amines) is 1. The Kier molecular flexibility index (Phi) is 5.77. The largest absolute Gasteiger partial charge is 0.444 e. The quantitative estimate of drug-likeness (QED) is 0.417. The number of amides is 1. The topological polar surface area (TPSA) is 108 Å². The van der Waals surface area contributed by atoms with Gasteiger partial charge in [0.2, 0.25) is 0 Å². The molecule has 0 aliphatic carbocycles. The number of carbonyl (C=O) groups excluding carboxylic acids is 1. The summed E-state index contributed by atoms with van der Waals surface area (Å²) in [4.78, 5) is 36.8. The molecule has 0 radical (unpaired) electrons. The van der Waals surface area contributed by atoms with Gasteiger partial charge in [0, 0.05) is 12.6 Å². The highest BCUT2D eigenvalue weighted by Crippen LogP contribution is 2.28. The fourth-order valence-electron chi connectivity index (χ4n) is 4.78. The van der Waals surface area contributed by atoms with E-state index in [1.54, 1.807) is 21.7 Å². The molecule has 1 aliphatic rings. The number of ether oxygens (including phenoxy) is 1. The van der Waals surface area contributed by atoms with Gasteiger partial charge in [0.25, 0.3) is 5.56 Å². The van der Waals surface area contributed by atoms with Crippen LogP contribution in [0.25, 0.3) is 27.9 Å². The lowest BCUT2D eigenvalue weighted by molar-refractivity contribution is 0.00711. The first-order valence-corrected chi connectivity index (χ1v) is 12.2. The van der Waals surface area contributed by atoms with E-state index in [2.05, 4.69) is 15.2 Å². The summed E-state index contributed by atoms with van der Waals surface area (Å²) in [5.41, 5.74) is 3.86. The lowest BCUT2D eigenvalue weighted by Gasteiger charge is -2.38. The highest BCUT2D eigenvalue weighted by atomic mass is 16.6. The molecule has 5 heterocycles. The molecular weight excluding hydrogens is 458 g/mol.